The highest BCUT2D eigenvalue weighted by Gasteiger charge is 2.29. The fourth-order valence-corrected chi connectivity index (χ4v) is 4.08. The van der Waals surface area contributed by atoms with Crippen molar-refractivity contribution in [3.05, 3.63) is 21.4 Å². The number of thiophene rings is 1. The average molecular weight is 308 g/mol. The van der Waals surface area contributed by atoms with Crippen molar-refractivity contribution in [3.8, 4) is 0 Å². The van der Waals surface area contributed by atoms with Gasteiger partial charge in [-0.3, -0.25) is 9.59 Å². The Morgan fingerprint density at radius 3 is 2.52 bits per heavy atom. The summed E-state index contributed by atoms with van der Waals surface area (Å²) in [6, 6.07) is 1.99. The molecule has 116 valence electrons. The zero-order valence-corrected chi connectivity index (χ0v) is 14.1. The summed E-state index contributed by atoms with van der Waals surface area (Å²) in [6.07, 6.45) is 2.60. The number of amides is 2. The Morgan fingerprint density at radius 1 is 1.29 bits per heavy atom. The Bertz CT molecular complexity index is 532. The van der Waals surface area contributed by atoms with Gasteiger partial charge in [0.15, 0.2) is 0 Å². The summed E-state index contributed by atoms with van der Waals surface area (Å²) < 4.78 is 0. The monoisotopic (exact) mass is 308 g/mol. The van der Waals surface area contributed by atoms with Crippen LogP contribution in [0.15, 0.2) is 6.07 Å². The third-order valence-electron chi connectivity index (χ3n) is 4.12. The SMILES string of the molecule is CCN(CC)C(=O)C1CCc2sc(C(=O)N(C)C)cc2C1. The molecule has 2 rings (SSSR count). The van der Waals surface area contributed by atoms with Crippen LogP contribution >= 0.6 is 11.3 Å². The van der Waals surface area contributed by atoms with E-state index >= 15 is 0 Å². The maximum absolute atomic E-state index is 12.5. The average Bonchev–Trinajstić information content (AvgIpc) is 2.90. The molecule has 0 spiro atoms. The molecular weight excluding hydrogens is 284 g/mol. The number of carbonyl (C=O) groups excluding carboxylic acids is 2. The van der Waals surface area contributed by atoms with Crippen LogP contribution in [0.5, 0.6) is 0 Å². The van der Waals surface area contributed by atoms with Gasteiger partial charge in [-0.2, -0.15) is 0 Å². The van der Waals surface area contributed by atoms with Gasteiger partial charge in [0.1, 0.15) is 0 Å². The second-order valence-corrected chi connectivity index (χ2v) is 6.85. The predicted molar refractivity (Wildman–Crippen MR) is 85.8 cm³/mol. The van der Waals surface area contributed by atoms with Gasteiger partial charge in [0.2, 0.25) is 5.91 Å². The highest BCUT2D eigenvalue weighted by atomic mass is 32.1. The molecule has 1 unspecified atom stereocenters. The predicted octanol–water partition coefficient (Wildman–Crippen LogP) is 2.42. The first-order valence-corrected chi connectivity index (χ1v) is 8.41. The number of rotatable bonds is 4. The standard InChI is InChI=1S/C16H24N2O2S/c1-5-18(6-2)15(19)11-7-8-13-12(9-11)10-14(21-13)16(20)17(3)4/h10-11H,5-9H2,1-4H3. The van der Waals surface area contributed by atoms with Crippen LogP contribution in [0.4, 0.5) is 0 Å². The number of hydrogen-bond acceptors (Lipinski definition) is 3. The van der Waals surface area contributed by atoms with Gasteiger partial charge >= 0.3 is 0 Å². The van der Waals surface area contributed by atoms with Gasteiger partial charge in [-0.15, -0.1) is 11.3 Å². The molecule has 0 radical (unpaired) electrons. The summed E-state index contributed by atoms with van der Waals surface area (Å²) in [5.41, 5.74) is 1.20. The summed E-state index contributed by atoms with van der Waals surface area (Å²) in [4.78, 5) is 30.1. The Balaban J connectivity index is 2.14. The van der Waals surface area contributed by atoms with E-state index in [9.17, 15) is 9.59 Å². The highest BCUT2D eigenvalue weighted by molar-refractivity contribution is 7.14. The molecule has 0 aliphatic heterocycles. The van der Waals surface area contributed by atoms with Crippen molar-refractivity contribution in [2.45, 2.75) is 33.1 Å². The number of carbonyl (C=O) groups is 2. The van der Waals surface area contributed by atoms with E-state index in [2.05, 4.69) is 0 Å². The van der Waals surface area contributed by atoms with Crippen molar-refractivity contribution < 1.29 is 9.59 Å². The summed E-state index contributed by atoms with van der Waals surface area (Å²) in [5, 5.41) is 0. The molecule has 5 heteroatoms. The third kappa shape index (κ3) is 3.28. The van der Waals surface area contributed by atoms with Crippen LogP contribution in [0.1, 0.15) is 40.4 Å². The molecule has 0 saturated carbocycles. The Morgan fingerprint density at radius 2 is 1.95 bits per heavy atom. The second-order valence-electron chi connectivity index (χ2n) is 5.71. The van der Waals surface area contributed by atoms with Crippen LogP contribution in [0.2, 0.25) is 0 Å². The number of nitrogens with zero attached hydrogens (tertiary/aromatic N) is 2. The molecule has 21 heavy (non-hydrogen) atoms. The van der Waals surface area contributed by atoms with Crippen LogP contribution in [-0.4, -0.2) is 48.8 Å². The molecule has 0 bridgehead atoms. The van der Waals surface area contributed by atoms with E-state index in [4.69, 9.17) is 0 Å². The van der Waals surface area contributed by atoms with Crippen molar-refractivity contribution in [1.82, 2.24) is 9.80 Å². The minimum atomic E-state index is 0.0565. The number of fused-ring (bicyclic) bond motifs is 1. The number of aryl methyl sites for hydroxylation is 1. The highest BCUT2D eigenvalue weighted by Crippen LogP contribution is 2.33. The maximum Gasteiger partial charge on any atom is 0.263 e. The fourth-order valence-electron chi connectivity index (χ4n) is 2.85. The lowest BCUT2D eigenvalue weighted by molar-refractivity contribution is -0.135. The van der Waals surface area contributed by atoms with Crippen molar-refractivity contribution in [2.75, 3.05) is 27.2 Å². The molecule has 1 aromatic rings. The van der Waals surface area contributed by atoms with Gasteiger partial charge in [-0.1, -0.05) is 0 Å². The lowest BCUT2D eigenvalue weighted by Gasteiger charge is -2.27. The lowest BCUT2D eigenvalue weighted by Crippen LogP contribution is -2.37. The minimum Gasteiger partial charge on any atom is -0.344 e. The topological polar surface area (TPSA) is 40.6 Å². The minimum absolute atomic E-state index is 0.0565. The normalized spacial score (nSPS) is 17.2. The third-order valence-corrected chi connectivity index (χ3v) is 5.35. The fraction of sp³-hybridized carbons (Fsp3) is 0.625. The van der Waals surface area contributed by atoms with Crippen LogP contribution < -0.4 is 0 Å². The van der Waals surface area contributed by atoms with Crippen molar-refractivity contribution in [2.24, 2.45) is 5.92 Å². The van der Waals surface area contributed by atoms with E-state index in [0.717, 1.165) is 37.2 Å². The van der Waals surface area contributed by atoms with Gasteiger partial charge in [0.25, 0.3) is 5.91 Å². The van der Waals surface area contributed by atoms with Crippen molar-refractivity contribution in [3.63, 3.8) is 0 Å². The summed E-state index contributed by atoms with van der Waals surface area (Å²) in [7, 11) is 3.54. The molecule has 1 aliphatic carbocycles. The van der Waals surface area contributed by atoms with Gasteiger partial charge in [-0.05, 0) is 44.7 Å². The molecule has 4 nitrogen and oxygen atoms in total. The zero-order chi connectivity index (χ0) is 15.6. The largest absolute Gasteiger partial charge is 0.344 e. The van der Waals surface area contributed by atoms with Gasteiger partial charge in [-0.25, -0.2) is 0 Å². The van der Waals surface area contributed by atoms with Crippen molar-refractivity contribution >= 4 is 23.2 Å². The van der Waals surface area contributed by atoms with E-state index in [1.807, 2.05) is 24.8 Å². The summed E-state index contributed by atoms with van der Waals surface area (Å²) >= 11 is 1.59. The van der Waals surface area contributed by atoms with Gasteiger partial charge in [0.05, 0.1) is 4.88 Å². The smallest absolute Gasteiger partial charge is 0.263 e. The molecule has 1 atom stereocenters. The Hall–Kier alpha value is -1.36. The summed E-state index contributed by atoms with van der Waals surface area (Å²) in [6.45, 7) is 5.58. The molecule has 1 aliphatic rings. The van der Waals surface area contributed by atoms with Crippen LogP contribution in [0.25, 0.3) is 0 Å². The van der Waals surface area contributed by atoms with Crippen LogP contribution in [0.3, 0.4) is 0 Å². The maximum atomic E-state index is 12.5. The molecule has 0 aromatic carbocycles. The first-order chi connectivity index (χ1) is 9.97. The molecule has 2 amide bonds. The summed E-state index contributed by atoms with van der Waals surface area (Å²) in [5.74, 6) is 0.396. The first kappa shape index (κ1) is 16.0. The second kappa shape index (κ2) is 6.60. The van der Waals surface area contributed by atoms with E-state index in [1.54, 1.807) is 30.3 Å². The van der Waals surface area contributed by atoms with E-state index in [1.165, 1.54) is 10.4 Å². The van der Waals surface area contributed by atoms with Gasteiger partial charge < -0.3 is 9.80 Å². The van der Waals surface area contributed by atoms with E-state index in [-0.39, 0.29) is 17.7 Å². The zero-order valence-electron chi connectivity index (χ0n) is 13.3. The van der Waals surface area contributed by atoms with E-state index < -0.39 is 0 Å². The molecule has 1 aromatic heterocycles. The molecular formula is C16H24N2O2S. The van der Waals surface area contributed by atoms with Gasteiger partial charge in [0, 0.05) is 38.0 Å². The first-order valence-electron chi connectivity index (χ1n) is 7.59. The lowest BCUT2D eigenvalue weighted by atomic mass is 9.87. The molecule has 0 N–H and O–H groups in total. The van der Waals surface area contributed by atoms with Crippen molar-refractivity contribution in [1.29, 1.82) is 0 Å². The molecule has 1 heterocycles. The molecule has 0 fully saturated rings. The Kier molecular flexibility index (Phi) is 5.04. The Labute approximate surface area is 130 Å². The number of hydrogen-bond donors (Lipinski definition) is 0. The quantitative estimate of drug-likeness (QED) is 0.857. The molecule has 0 saturated heterocycles. The van der Waals surface area contributed by atoms with Crippen LogP contribution in [0, 0.1) is 5.92 Å². The van der Waals surface area contributed by atoms with Crippen LogP contribution in [-0.2, 0) is 17.6 Å². The van der Waals surface area contributed by atoms with E-state index in [0.29, 0.717) is 0 Å².